The van der Waals surface area contributed by atoms with Crippen molar-refractivity contribution >= 4 is 21.4 Å². The highest BCUT2D eigenvalue weighted by molar-refractivity contribution is 7.89. The minimum Gasteiger partial charge on any atom is -0.397 e. The summed E-state index contributed by atoms with van der Waals surface area (Å²) < 4.78 is 30.0. The van der Waals surface area contributed by atoms with E-state index >= 15 is 0 Å². The van der Waals surface area contributed by atoms with Gasteiger partial charge in [0.25, 0.3) is 0 Å². The van der Waals surface area contributed by atoms with Crippen LogP contribution in [0.4, 0.5) is 11.4 Å². The smallest absolute Gasteiger partial charge is 0.242 e. The summed E-state index contributed by atoms with van der Waals surface area (Å²) in [6.07, 6.45) is 1.89. The molecule has 1 aromatic heterocycles. The van der Waals surface area contributed by atoms with E-state index in [0.717, 1.165) is 4.31 Å². The first-order valence-electron chi connectivity index (χ1n) is 6.22. The SMILES string of the molecule is CN(C)S(=O)(=O)c1ccc(NCCc2ncno2)c(N)c1. The van der Waals surface area contributed by atoms with Gasteiger partial charge in [-0.05, 0) is 18.2 Å². The van der Waals surface area contributed by atoms with Crippen molar-refractivity contribution in [1.29, 1.82) is 0 Å². The summed E-state index contributed by atoms with van der Waals surface area (Å²) in [5, 5.41) is 6.61. The zero-order valence-corrected chi connectivity index (χ0v) is 12.6. The van der Waals surface area contributed by atoms with Gasteiger partial charge in [0.2, 0.25) is 15.9 Å². The number of nitrogen functional groups attached to an aromatic ring is 1. The third-order valence-electron chi connectivity index (χ3n) is 2.86. The minimum atomic E-state index is -3.48. The topological polar surface area (TPSA) is 114 Å². The second-order valence-electron chi connectivity index (χ2n) is 4.55. The van der Waals surface area contributed by atoms with Gasteiger partial charge in [-0.1, -0.05) is 5.16 Å². The summed E-state index contributed by atoms with van der Waals surface area (Å²) in [6.45, 7) is 0.548. The Bertz CT molecular complexity index is 698. The van der Waals surface area contributed by atoms with Crippen molar-refractivity contribution in [3.63, 3.8) is 0 Å². The van der Waals surface area contributed by atoms with Crippen molar-refractivity contribution in [3.8, 4) is 0 Å². The number of anilines is 2. The predicted molar refractivity (Wildman–Crippen MR) is 78.2 cm³/mol. The van der Waals surface area contributed by atoms with Crippen LogP contribution in [0, 0.1) is 0 Å². The molecule has 0 radical (unpaired) electrons. The molecule has 0 amide bonds. The van der Waals surface area contributed by atoms with Gasteiger partial charge in [-0.3, -0.25) is 0 Å². The van der Waals surface area contributed by atoms with Crippen LogP contribution in [0.3, 0.4) is 0 Å². The molecule has 21 heavy (non-hydrogen) atoms. The van der Waals surface area contributed by atoms with Gasteiger partial charge in [-0.25, -0.2) is 12.7 Å². The normalized spacial score (nSPS) is 11.8. The van der Waals surface area contributed by atoms with Crippen molar-refractivity contribution in [2.75, 3.05) is 31.7 Å². The molecule has 0 aliphatic carbocycles. The van der Waals surface area contributed by atoms with E-state index in [0.29, 0.717) is 30.2 Å². The molecule has 0 saturated carbocycles. The van der Waals surface area contributed by atoms with Gasteiger partial charge in [0.15, 0.2) is 6.33 Å². The number of hydrogen-bond acceptors (Lipinski definition) is 7. The molecule has 0 atom stereocenters. The molecule has 8 nitrogen and oxygen atoms in total. The lowest BCUT2D eigenvalue weighted by atomic mass is 10.2. The van der Waals surface area contributed by atoms with E-state index in [1.807, 2.05) is 0 Å². The van der Waals surface area contributed by atoms with Crippen molar-refractivity contribution in [2.45, 2.75) is 11.3 Å². The molecule has 0 saturated heterocycles. The Labute approximate surface area is 123 Å². The van der Waals surface area contributed by atoms with E-state index in [2.05, 4.69) is 15.5 Å². The highest BCUT2D eigenvalue weighted by atomic mass is 32.2. The van der Waals surface area contributed by atoms with Crippen LogP contribution in [-0.2, 0) is 16.4 Å². The van der Waals surface area contributed by atoms with Gasteiger partial charge in [0.05, 0.1) is 16.3 Å². The fraction of sp³-hybridized carbons (Fsp3) is 0.333. The maximum Gasteiger partial charge on any atom is 0.242 e. The van der Waals surface area contributed by atoms with Crippen LogP contribution in [0.2, 0.25) is 0 Å². The molecule has 0 aliphatic rings. The molecule has 1 aromatic carbocycles. The van der Waals surface area contributed by atoms with Crippen LogP contribution in [0.15, 0.2) is 33.9 Å². The highest BCUT2D eigenvalue weighted by Crippen LogP contribution is 2.23. The maximum atomic E-state index is 12.0. The highest BCUT2D eigenvalue weighted by Gasteiger charge is 2.18. The second kappa shape index (κ2) is 6.10. The average Bonchev–Trinajstić information content (AvgIpc) is 2.93. The first-order chi connectivity index (χ1) is 9.91. The fourth-order valence-corrected chi connectivity index (χ4v) is 2.62. The van der Waals surface area contributed by atoms with Crippen LogP contribution < -0.4 is 11.1 Å². The maximum absolute atomic E-state index is 12.0. The first-order valence-corrected chi connectivity index (χ1v) is 7.67. The lowest BCUT2D eigenvalue weighted by Crippen LogP contribution is -2.22. The van der Waals surface area contributed by atoms with E-state index in [9.17, 15) is 8.42 Å². The van der Waals surface area contributed by atoms with Crippen LogP contribution in [-0.4, -0.2) is 43.5 Å². The Morgan fingerprint density at radius 2 is 2.14 bits per heavy atom. The molecule has 0 bridgehead atoms. The van der Waals surface area contributed by atoms with Crippen molar-refractivity contribution in [1.82, 2.24) is 14.4 Å². The number of nitrogens with one attached hydrogen (secondary N) is 1. The summed E-state index contributed by atoms with van der Waals surface area (Å²) in [5.74, 6) is 0.521. The van der Waals surface area contributed by atoms with E-state index < -0.39 is 10.0 Å². The van der Waals surface area contributed by atoms with Gasteiger partial charge < -0.3 is 15.6 Å². The molecule has 114 valence electrons. The molecular formula is C12H17N5O3S. The summed E-state index contributed by atoms with van der Waals surface area (Å²) in [6, 6.07) is 4.59. The van der Waals surface area contributed by atoms with Crippen LogP contribution in [0.25, 0.3) is 0 Å². The van der Waals surface area contributed by atoms with Gasteiger partial charge in [0, 0.05) is 27.1 Å². The quantitative estimate of drug-likeness (QED) is 0.749. The van der Waals surface area contributed by atoms with Crippen LogP contribution in [0.1, 0.15) is 5.89 Å². The standard InChI is InChI=1S/C12H17N5O3S/c1-17(2)21(18,19)9-3-4-11(10(13)7-9)14-6-5-12-15-8-16-20-12/h3-4,7-8,14H,5-6,13H2,1-2H3. The Morgan fingerprint density at radius 1 is 1.38 bits per heavy atom. The van der Waals surface area contributed by atoms with Crippen molar-refractivity contribution in [3.05, 3.63) is 30.4 Å². The summed E-state index contributed by atoms with van der Waals surface area (Å²) >= 11 is 0. The van der Waals surface area contributed by atoms with E-state index in [1.54, 1.807) is 6.07 Å². The predicted octanol–water partition coefficient (Wildman–Crippen LogP) is 0.557. The van der Waals surface area contributed by atoms with Crippen molar-refractivity contribution in [2.24, 2.45) is 0 Å². The number of aromatic nitrogens is 2. The molecule has 3 N–H and O–H groups in total. The lowest BCUT2D eigenvalue weighted by Gasteiger charge is -2.14. The van der Waals surface area contributed by atoms with E-state index in [4.69, 9.17) is 10.3 Å². The van der Waals surface area contributed by atoms with Gasteiger partial charge >= 0.3 is 0 Å². The number of benzene rings is 1. The van der Waals surface area contributed by atoms with E-state index in [1.165, 1.54) is 32.6 Å². The Morgan fingerprint density at radius 3 is 2.71 bits per heavy atom. The number of hydrogen-bond donors (Lipinski definition) is 2. The van der Waals surface area contributed by atoms with Gasteiger partial charge in [-0.15, -0.1) is 0 Å². The summed E-state index contributed by atoms with van der Waals surface area (Å²) in [5.41, 5.74) is 6.90. The number of nitrogens with zero attached hydrogens (tertiary/aromatic N) is 3. The van der Waals surface area contributed by atoms with Gasteiger partial charge in [0.1, 0.15) is 0 Å². The molecule has 0 unspecified atom stereocenters. The zero-order chi connectivity index (χ0) is 15.5. The molecule has 9 heteroatoms. The molecule has 0 spiro atoms. The molecule has 2 rings (SSSR count). The summed E-state index contributed by atoms with van der Waals surface area (Å²) in [7, 11) is -0.531. The number of rotatable bonds is 6. The summed E-state index contributed by atoms with van der Waals surface area (Å²) in [4.78, 5) is 4.06. The molecule has 0 aliphatic heterocycles. The number of sulfonamides is 1. The van der Waals surface area contributed by atoms with Crippen molar-refractivity contribution < 1.29 is 12.9 Å². The molecule has 0 fully saturated rings. The van der Waals surface area contributed by atoms with Crippen LogP contribution in [0.5, 0.6) is 0 Å². The van der Waals surface area contributed by atoms with Gasteiger partial charge in [-0.2, -0.15) is 4.98 Å². The van der Waals surface area contributed by atoms with E-state index in [-0.39, 0.29) is 4.90 Å². The number of nitrogens with two attached hydrogens (primary N) is 1. The second-order valence-corrected chi connectivity index (χ2v) is 6.70. The third kappa shape index (κ3) is 3.50. The molecular weight excluding hydrogens is 294 g/mol. The Kier molecular flexibility index (Phi) is 4.43. The Hall–Kier alpha value is -2.13. The fourth-order valence-electron chi connectivity index (χ4n) is 1.68. The zero-order valence-electron chi connectivity index (χ0n) is 11.8. The third-order valence-corrected chi connectivity index (χ3v) is 4.67. The monoisotopic (exact) mass is 311 g/mol. The average molecular weight is 311 g/mol. The Balaban J connectivity index is 2.06. The first kappa shape index (κ1) is 15.3. The van der Waals surface area contributed by atoms with Crippen LogP contribution >= 0.6 is 0 Å². The largest absolute Gasteiger partial charge is 0.397 e. The minimum absolute atomic E-state index is 0.160. The molecule has 1 heterocycles. The molecule has 2 aromatic rings. The lowest BCUT2D eigenvalue weighted by molar-refractivity contribution is 0.380.